The van der Waals surface area contributed by atoms with Gasteiger partial charge in [-0.2, -0.15) is 18.3 Å². The number of carbonyl (C=O) groups excluding carboxylic acids is 1. The lowest BCUT2D eigenvalue weighted by molar-refractivity contribution is -0.137. The summed E-state index contributed by atoms with van der Waals surface area (Å²) in [5.74, 6) is 0.721. The highest BCUT2D eigenvalue weighted by Crippen LogP contribution is 2.62. The first-order valence-electron chi connectivity index (χ1n) is 9.15. The second kappa shape index (κ2) is 6.07. The molecular formula is C19H21F3N4O. The van der Waals surface area contributed by atoms with Gasteiger partial charge in [-0.25, -0.2) is 4.98 Å². The van der Waals surface area contributed by atoms with Crippen LogP contribution in [0.2, 0.25) is 0 Å². The molecule has 2 N–H and O–H groups in total. The number of anilines is 1. The van der Waals surface area contributed by atoms with Crippen LogP contribution in [0.4, 0.5) is 19.0 Å². The molecule has 2 heterocycles. The minimum atomic E-state index is -4.57. The van der Waals surface area contributed by atoms with Crippen LogP contribution >= 0.6 is 0 Å². The summed E-state index contributed by atoms with van der Waals surface area (Å²) in [5, 5.41) is 4.60. The molecule has 2 saturated carbocycles. The van der Waals surface area contributed by atoms with E-state index in [0.717, 1.165) is 18.2 Å². The minimum absolute atomic E-state index is 0.120. The number of rotatable bonds is 4. The number of alkyl halides is 3. The van der Waals surface area contributed by atoms with Crippen LogP contribution < -0.4 is 5.73 Å². The standard InChI is InChI=1S/C19H21F3N4O/c1-3-9(2)26-16(17-12-5-11(27)6-13(12)17)7-15(25-26)10-4-14(19(20,21)22)18(23)24-8-10/h4,7-9,12-13,17H,3,5-6H2,1-2H3,(H2,23,24). The number of nitrogens with two attached hydrogens (primary N) is 1. The van der Waals surface area contributed by atoms with Crippen molar-refractivity contribution in [1.29, 1.82) is 0 Å². The van der Waals surface area contributed by atoms with Crippen molar-refractivity contribution in [2.45, 2.75) is 51.2 Å². The number of nitrogens with zero attached hydrogens (tertiary/aromatic N) is 3. The predicted octanol–water partition coefficient (Wildman–Crippen LogP) is 4.21. The van der Waals surface area contributed by atoms with Gasteiger partial charge < -0.3 is 5.73 Å². The summed E-state index contributed by atoms with van der Waals surface area (Å²) in [6.45, 7) is 4.07. The number of nitrogen functional groups attached to an aromatic ring is 1. The summed E-state index contributed by atoms with van der Waals surface area (Å²) in [5.41, 5.74) is 6.21. The van der Waals surface area contributed by atoms with Crippen molar-refractivity contribution >= 4 is 11.6 Å². The number of Topliss-reactive ketones (excluding diaryl/α,β-unsaturated/α-hetero) is 1. The number of pyridine rings is 1. The second-order valence-corrected chi connectivity index (χ2v) is 7.61. The van der Waals surface area contributed by atoms with E-state index in [9.17, 15) is 18.0 Å². The van der Waals surface area contributed by atoms with Gasteiger partial charge in [-0.05, 0) is 37.3 Å². The molecule has 0 aliphatic heterocycles. The van der Waals surface area contributed by atoms with Crippen molar-refractivity contribution in [3.05, 3.63) is 29.6 Å². The monoisotopic (exact) mass is 378 g/mol. The highest BCUT2D eigenvalue weighted by atomic mass is 19.4. The Morgan fingerprint density at radius 2 is 1.96 bits per heavy atom. The molecule has 0 bridgehead atoms. The van der Waals surface area contributed by atoms with Crippen molar-refractivity contribution in [1.82, 2.24) is 14.8 Å². The summed E-state index contributed by atoms with van der Waals surface area (Å²) in [6.07, 6.45) is -1.20. The van der Waals surface area contributed by atoms with Crippen molar-refractivity contribution in [3.8, 4) is 11.3 Å². The molecule has 0 spiro atoms. The van der Waals surface area contributed by atoms with Crippen LogP contribution in [-0.2, 0) is 11.0 Å². The summed E-state index contributed by atoms with van der Waals surface area (Å²) < 4.78 is 41.4. The van der Waals surface area contributed by atoms with Gasteiger partial charge in [-0.1, -0.05) is 6.92 Å². The van der Waals surface area contributed by atoms with Crippen molar-refractivity contribution < 1.29 is 18.0 Å². The third-order valence-corrected chi connectivity index (χ3v) is 5.89. The topological polar surface area (TPSA) is 73.8 Å². The quantitative estimate of drug-likeness (QED) is 0.865. The molecule has 5 nitrogen and oxygen atoms in total. The molecule has 2 aliphatic rings. The number of aromatic nitrogens is 3. The van der Waals surface area contributed by atoms with Crippen LogP contribution in [0, 0.1) is 11.8 Å². The molecule has 0 saturated heterocycles. The Bertz CT molecular complexity index is 891. The van der Waals surface area contributed by atoms with Crippen LogP contribution in [0.1, 0.15) is 56.3 Å². The van der Waals surface area contributed by atoms with Gasteiger partial charge in [0.05, 0.1) is 11.3 Å². The SMILES string of the molecule is CCC(C)n1nc(-c2cnc(N)c(C(F)(F)F)c2)cc1C1C2CC(=O)CC21. The molecular weight excluding hydrogens is 357 g/mol. The first-order valence-corrected chi connectivity index (χ1v) is 9.15. The van der Waals surface area contributed by atoms with Gasteiger partial charge in [-0.3, -0.25) is 9.48 Å². The zero-order valence-corrected chi connectivity index (χ0v) is 15.1. The Morgan fingerprint density at radius 3 is 2.56 bits per heavy atom. The third-order valence-electron chi connectivity index (χ3n) is 5.89. The van der Waals surface area contributed by atoms with E-state index in [2.05, 4.69) is 10.1 Å². The highest BCUT2D eigenvalue weighted by Gasteiger charge is 2.57. The van der Waals surface area contributed by atoms with Gasteiger partial charge in [0.15, 0.2) is 0 Å². The molecule has 0 radical (unpaired) electrons. The lowest BCUT2D eigenvalue weighted by atomic mass is 10.1. The molecule has 3 atom stereocenters. The molecule has 2 fully saturated rings. The zero-order chi connectivity index (χ0) is 19.5. The fraction of sp³-hybridized carbons (Fsp3) is 0.526. The first-order chi connectivity index (χ1) is 12.7. The van der Waals surface area contributed by atoms with Crippen LogP contribution in [-0.4, -0.2) is 20.5 Å². The Balaban J connectivity index is 1.74. The van der Waals surface area contributed by atoms with Gasteiger partial charge in [-0.15, -0.1) is 0 Å². The second-order valence-electron chi connectivity index (χ2n) is 7.61. The zero-order valence-electron chi connectivity index (χ0n) is 15.1. The maximum absolute atomic E-state index is 13.2. The number of ketones is 1. The number of carbonyl (C=O) groups is 1. The number of fused-ring (bicyclic) bond motifs is 1. The molecule has 4 rings (SSSR count). The maximum atomic E-state index is 13.2. The Morgan fingerprint density at radius 1 is 1.30 bits per heavy atom. The molecule has 8 heteroatoms. The molecule has 2 aromatic heterocycles. The largest absolute Gasteiger partial charge is 0.419 e. The fourth-order valence-corrected chi connectivity index (χ4v) is 4.22. The van der Waals surface area contributed by atoms with Crippen molar-refractivity contribution in [2.75, 3.05) is 5.73 Å². The Hall–Kier alpha value is -2.38. The Labute approximate surface area is 154 Å². The van der Waals surface area contributed by atoms with Crippen molar-refractivity contribution in [2.24, 2.45) is 11.8 Å². The summed E-state index contributed by atoms with van der Waals surface area (Å²) in [7, 11) is 0. The molecule has 3 unspecified atom stereocenters. The lowest BCUT2D eigenvalue weighted by Crippen LogP contribution is -2.11. The molecule has 2 aliphatic carbocycles. The van der Waals surface area contributed by atoms with Gasteiger partial charge in [0.1, 0.15) is 11.6 Å². The van der Waals surface area contributed by atoms with E-state index < -0.39 is 17.6 Å². The lowest BCUT2D eigenvalue weighted by Gasteiger charge is -2.14. The first kappa shape index (κ1) is 18.0. The Kier molecular flexibility index (Phi) is 4.05. The van der Waals surface area contributed by atoms with Crippen LogP contribution in [0.15, 0.2) is 18.3 Å². The van der Waals surface area contributed by atoms with Crippen LogP contribution in [0.3, 0.4) is 0 Å². The van der Waals surface area contributed by atoms with Gasteiger partial charge in [0.2, 0.25) is 0 Å². The molecule has 2 aromatic rings. The normalized spacial score (nSPS) is 25.5. The van der Waals surface area contributed by atoms with Crippen molar-refractivity contribution in [3.63, 3.8) is 0 Å². The molecule has 0 aromatic carbocycles. The summed E-state index contributed by atoms with van der Waals surface area (Å²) >= 11 is 0. The fourth-order valence-electron chi connectivity index (χ4n) is 4.22. The van der Waals surface area contributed by atoms with Crippen LogP contribution in [0.25, 0.3) is 11.3 Å². The van der Waals surface area contributed by atoms with Gasteiger partial charge in [0.25, 0.3) is 0 Å². The van der Waals surface area contributed by atoms with E-state index in [0.29, 0.717) is 41.7 Å². The smallest absolute Gasteiger partial charge is 0.383 e. The highest BCUT2D eigenvalue weighted by molar-refractivity contribution is 5.83. The third kappa shape index (κ3) is 3.00. The molecule has 27 heavy (non-hydrogen) atoms. The number of hydrogen-bond acceptors (Lipinski definition) is 4. The van der Waals surface area contributed by atoms with E-state index in [1.54, 1.807) is 0 Å². The average Bonchev–Trinajstić information content (AvgIpc) is 2.97. The predicted molar refractivity (Wildman–Crippen MR) is 93.8 cm³/mol. The summed E-state index contributed by atoms with van der Waals surface area (Å²) in [4.78, 5) is 15.3. The van der Waals surface area contributed by atoms with E-state index in [4.69, 9.17) is 5.73 Å². The molecule has 144 valence electrons. The van der Waals surface area contributed by atoms with Crippen LogP contribution in [0.5, 0.6) is 0 Å². The molecule has 0 amide bonds. The number of hydrogen-bond donors (Lipinski definition) is 1. The minimum Gasteiger partial charge on any atom is -0.383 e. The van der Waals surface area contributed by atoms with E-state index in [1.807, 2.05) is 24.6 Å². The number of halogens is 3. The van der Waals surface area contributed by atoms with Gasteiger partial charge in [0, 0.05) is 42.3 Å². The average molecular weight is 378 g/mol. The maximum Gasteiger partial charge on any atom is 0.419 e. The van der Waals surface area contributed by atoms with E-state index >= 15 is 0 Å². The van der Waals surface area contributed by atoms with E-state index in [1.165, 1.54) is 6.20 Å². The van der Waals surface area contributed by atoms with Gasteiger partial charge >= 0.3 is 6.18 Å². The van der Waals surface area contributed by atoms with E-state index in [-0.39, 0.29) is 12.0 Å². The summed E-state index contributed by atoms with van der Waals surface area (Å²) in [6, 6.07) is 2.98.